The molecule has 6 unspecified atom stereocenters. The molecule has 1 aliphatic heterocycles. The molecule has 0 saturated heterocycles. The first-order valence-electron chi connectivity index (χ1n) is 10.4. The Bertz CT molecular complexity index is 579. The van der Waals surface area contributed by atoms with Crippen molar-refractivity contribution in [3.8, 4) is 0 Å². The largest absolute Gasteiger partial charge is 0.389 e. The standard InChI is InChI=1S/C22H32O2/c1-2-21-11-8-18-17-7-5-16(23)14-15(17)4-6-19(18)20(21)9-12-22(21)10-3-13-24-22/h3,10,14,16-20,23H,2,4-9,11-13H2,1H3/t16?,17?,18?,19?,20?,21?,22-/m0/s1. The van der Waals surface area contributed by atoms with E-state index in [9.17, 15) is 5.11 Å². The lowest BCUT2D eigenvalue weighted by molar-refractivity contribution is -0.123. The van der Waals surface area contributed by atoms with Crippen molar-refractivity contribution in [2.24, 2.45) is 29.1 Å². The molecule has 7 atom stereocenters. The molecule has 3 fully saturated rings. The minimum atomic E-state index is -0.169. The number of rotatable bonds is 1. The van der Waals surface area contributed by atoms with Crippen LogP contribution in [0, 0.1) is 29.1 Å². The van der Waals surface area contributed by atoms with Gasteiger partial charge >= 0.3 is 0 Å². The van der Waals surface area contributed by atoms with E-state index in [0.717, 1.165) is 36.7 Å². The Kier molecular flexibility index (Phi) is 3.55. The maximum absolute atomic E-state index is 10.0. The first-order chi connectivity index (χ1) is 11.7. The van der Waals surface area contributed by atoms with Crippen molar-refractivity contribution in [3.63, 3.8) is 0 Å². The highest BCUT2D eigenvalue weighted by Crippen LogP contribution is 2.68. The Labute approximate surface area is 146 Å². The number of ether oxygens (including phenoxy) is 1. The summed E-state index contributed by atoms with van der Waals surface area (Å²) in [7, 11) is 0. The fraction of sp³-hybridized carbons (Fsp3) is 0.818. The van der Waals surface area contributed by atoms with E-state index in [1.165, 1.54) is 51.4 Å². The third-order valence-electron chi connectivity index (χ3n) is 8.76. The van der Waals surface area contributed by atoms with Gasteiger partial charge in [-0.25, -0.2) is 0 Å². The van der Waals surface area contributed by atoms with E-state index in [1.54, 1.807) is 5.57 Å². The van der Waals surface area contributed by atoms with Gasteiger partial charge in [-0.15, -0.1) is 0 Å². The first-order valence-corrected chi connectivity index (χ1v) is 10.4. The minimum Gasteiger partial charge on any atom is -0.389 e. The highest BCUT2D eigenvalue weighted by molar-refractivity contribution is 5.26. The SMILES string of the molecule is CCC12CCC3C4CCC(O)C=C4CCC3C1CC[C@@]21C=CCO1. The van der Waals surface area contributed by atoms with Crippen LogP contribution >= 0.6 is 0 Å². The van der Waals surface area contributed by atoms with Crippen LogP contribution in [0.2, 0.25) is 0 Å². The summed E-state index contributed by atoms with van der Waals surface area (Å²) >= 11 is 0. The Balaban J connectivity index is 1.48. The summed E-state index contributed by atoms with van der Waals surface area (Å²) in [5.74, 6) is 3.41. The molecule has 2 heteroatoms. The monoisotopic (exact) mass is 328 g/mol. The Morgan fingerprint density at radius 1 is 1.12 bits per heavy atom. The number of hydrogen-bond donors (Lipinski definition) is 1. The van der Waals surface area contributed by atoms with Gasteiger partial charge in [-0.3, -0.25) is 0 Å². The fourth-order valence-corrected chi connectivity index (χ4v) is 7.85. The summed E-state index contributed by atoms with van der Waals surface area (Å²) in [6.45, 7) is 3.25. The van der Waals surface area contributed by atoms with Crippen molar-refractivity contribution in [1.82, 2.24) is 0 Å². The number of hydrogen-bond acceptors (Lipinski definition) is 2. The summed E-state index contributed by atoms with van der Waals surface area (Å²) in [4.78, 5) is 0. The van der Waals surface area contributed by atoms with Crippen LogP contribution in [0.5, 0.6) is 0 Å². The van der Waals surface area contributed by atoms with Crippen molar-refractivity contribution in [2.45, 2.75) is 76.4 Å². The highest BCUT2D eigenvalue weighted by Gasteiger charge is 2.64. The number of aliphatic hydroxyl groups is 1. The van der Waals surface area contributed by atoms with Gasteiger partial charge in [-0.2, -0.15) is 0 Å². The van der Waals surface area contributed by atoms with Gasteiger partial charge in [-0.1, -0.05) is 30.7 Å². The van der Waals surface area contributed by atoms with E-state index in [1.807, 2.05) is 0 Å². The second kappa shape index (κ2) is 5.45. The van der Waals surface area contributed by atoms with Gasteiger partial charge in [-0.05, 0) is 81.5 Å². The molecule has 4 aliphatic carbocycles. The molecule has 0 aromatic carbocycles. The molecule has 1 N–H and O–H groups in total. The summed E-state index contributed by atoms with van der Waals surface area (Å²) in [6, 6.07) is 0. The zero-order chi connectivity index (χ0) is 16.4. The average molecular weight is 328 g/mol. The zero-order valence-corrected chi connectivity index (χ0v) is 15.0. The highest BCUT2D eigenvalue weighted by atomic mass is 16.5. The van der Waals surface area contributed by atoms with E-state index in [0.29, 0.717) is 5.41 Å². The molecule has 1 heterocycles. The lowest BCUT2D eigenvalue weighted by Crippen LogP contribution is -2.53. The van der Waals surface area contributed by atoms with Gasteiger partial charge in [0, 0.05) is 5.41 Å². The van der Waals surface area contributed by atoms with E-state index in [2.05, 4.69) is 25.2 Å². The summed E-state index contributed by atoms with van der Waals surface area (Å²) in [5, 5.41) is 10.0. The molecule has 2 nitrogen and oxygen atoms in total. The van der Waals surface area contributed by atoms with Crippen molar-refractivity contribution in [1.29, 1.82) is 0 Å². The van der Waals surface area contributed by atoms with Crippen molar-refractivity contribution in [2.75, 3.05) is 6.61 Å². The van der Waals surface area contributed by atoms with Gasteiger partial charge in [0.25, 0.3) is 0 Å². The average Bonchev–Trinajstić information content (AvgIpc) is 3.21. The molecule has 24 heavy (non-hydrogen) atoms. The third-order valence-corrected chi connectivity index (χ3v) is 8.76. The predicted octanol–water partition coefficient (Wildman–Crippen LogP) is 4.64. The van der Waals surface area contributed by atoms with E-state index < -0.39 is 0 Å². The summed E-state index contributed by atoms with van der Waals surface area (Å²) in [6.07, 6.45) is 18.2. The van der Waals surface area contributed by atoms with E-state index in [-0.39, 0.29) is 11.7 Å². The van der Waals surface area contributed by atoms with Gasteiger partial charge in [0.15, 0.2) is 0 Å². The molecule has 132 valence electrons. The maximum Gasteiger partial charge on any atom is 0.0926 e. The summed E-state index contributed by atoms with van der Waals surface area (Å²) < 4.78 is 6.41. The molecule has 0 amide bonds. The normalized spacial score (nSPS) is 52.8. The number of fused-ring (bicyclic) bond motifs is 6. The molecule has 0 radical (unpaired) electrons. The van der Waals surface area contributed by atoms with Crippen LogP contribution in [0.3, 0.4) is 0 Å². The summed E-state index contributed by atoms with van der Waals surface area (Å²) in [5.41, 5.74) is 2.07. The van der Waals surface area contributed by atoms with E-state index in [4.69, 9.17) is 4.74 Å². The van der Waals surface area contributed by atoms with Gasteiger partial charge in [0.2, 0.25) is 0 Å². The Morgan fingerprint density at radius 3 is 2.83 bits per heavy atom. The lowest BCUT2D eigenvalue weighted by atomic mass is 9.49. The van der Waals surface area contributed by atoms with Crippen molar-refractivity contribution < 1.29 is 9.84 Å². The molecule has 0 aromatic heterocycles. The van der Waals surface area contributed by atoms with Crippen LogP contribution in [0.4, 0.5) is 0 Å². The Morgan fingerprint density at radius 2 is 2.04 bits per heavy atom. The maximum atomic E-state index is 10.0. The van der Waals surface area contributed by atoms with Crippen LogP contribution < -0.4 is 0 Å². The van der Waals surface area contributed by atoms with Gasteiger partial charge in [0.05, 0.1) is 18.3 Å². The number of aliphatic hydroxyl groups excluding tert-OH is 1. The first kappa shape index (κ1) is 15.6. The second-order valence-electron chi connectivity index (χ2n) is 9.16. The van der Waals surface area contributed by atoms with E-state index >= 15 is 0 Å². The Hall–Kier alpha value is -0.600. The predicted molar refractivity (Wildman–Crippen MR) is 95.5 cm³/mol. The quantitative estimate of drug-likeness (QED) is 0.711. The molecule has 0 bridgehead atoms. The van der Waals surface area contributed by atoms with Gasteiger partial charge < -0.3 is 9.84 Å². The molecule has 3 saturated carbocycles. The molecule has 5 rings (SSSR count). The van der Waals surface area contributed by atoms with Crippen LogP contribution in [-0.2, 0) is 4.74 Å². The lowest BCUT2D eigenvalue weighted by Gasteiger charge is -2.57. The fourth-order valence-electron chi connectivity index (χ4n) is 7.85. The molecule has 0 aromatic rings. The van der Waals surface area contributed by atoms with Gasteiger partial charge in [0.1, 0.15) is 0 Å². The molecular formula is C22H32O2. The third kappa shape index (κ3) is 1.90. The molecule has 5 aliphatic rings. The van der Waals surface area contributed by atoms with Crippen LogP contribution in [0.25, 0.3) is 0 Å². The minimum absolute atomic E-state index is 0.0657. The molecule has 1 spiro atoms. The van der Waals surface area contributed by atoms with Crippen LogP contribution in [0.15, 0.2) is 23.8 Å². The molecular weight excluding hydrogens is 296 g/mol. The van der Waals surface area contributed by atoms with Crippen molar-refractivity contribution in [3.05, 3.63) is 23.8 Å². The zero-order valence-electron chi connectivity index (χ0n) is 15.0. The number of allylic oxidation sites excluding steroid dienone is 1. The smallest absolute Gasteiger partial charge is 0.0926 e. The topological polar surface area (TPSA) is 29.5 Å². The van der Waals surface area contributed by atoms with Crippen LogP contribution in [0.1, 0.15) is 64.7 Å². The van der Waals surface area contributed by atoms with Crippen molar-refractivity contribution >= 4 is 0 Å². The second-order valence-corrected chi connectivity index (χ2v) is 9.16. The van der Waals surface area contributed by atoms with Crippen LogP contribution in [-0.4, -0.2) is 23.4 Å².